The summed E-state index contributed by atoms with van der Waals surface area (Å²) in [6.07, 6.45) is 4.66. The van der Waals surface area contributed by atoms with Crippen molar-refractivity contribution in [1.29, 1.82) is 0 Å². The highest BCUT2D eigenvalue weighted by Gasteiger charge is 2.02. The molecule has 0 aliphatic rings. The summed E-state index contributed by atoms with van der Waals surface area (Å²) in [4.78, 5) is 9.79. The number of rotatable bonds is 6. The van der Waals surface area contributed by atoms with Crippen LogP contribution >= 0.6 is 23.4 Å². The molecule has 1 heterocycles. The van der Waals surface area contributed by atoms with Crippen LogP contribution in [-0.2, 0) is 5.75 Å². The van der Waals surface area contributed by atoms with Gasteiger partial charge in [-0.1, -0.05) is 30.7 Å². The van der Waals surface area contributed by atoms with E-state index in [2.05, 4.69) is 22.2 Å². The van der Waals surface area contributed by atoms with Gasteiger partial charge in [0, 0.05) is 17.2 Å². The van der Waals surface area contributed by atoms with Crippen LogP contribution in [0.15, 0.2) is 41.6 Å². The maximum atomic E-state index is 6.11. The Morgan fingerprint density at radius 1 is 1.21 bits per heavy atom. The number of nitrogens with one attached hydrogen (secondary N) is 1. The van der Waals surface area contributed by atoms with E-state index in [1.807, 2.05) is 30.5 Å². The lowest BCUT2D eigenvalue weighted by atomic mass is 10.4. The number of aromatic nitrogens is 2. The maximum absolute atomic E-state index is 6.11. The lowest BCUT2D eigenvalue weighted by Gasteiger charge is -2.05. The quantitative estimate of drug-likeness (QED) is 0.808. The molecule has 0 atom stereocenters. The number of hydrogen-bond donors (Lipinski definition) is 1. The SMILES string of the molecule is CCCNc1cnc(CSc2ccccc2Cl)cn1. The average molecular weight is 294 g/mol. The second-order valence-electron chi connectivity index (χ2n) is 4.04. The summed E-state index contributed by atoms with van der Waals surface area (Å²) >= 11 is 7.78. The van der Waals surface area contributed by atoms with Crippen molar-refractivity contribution in [2.45, 2.75) is 24.0 Å². The van der Waals surface area contributed by atoms with Gasteiger partial charge >= 0.3 is 0 Å². The molecule has 3 nitrogen and oxygen atoms in total. The third-order valence-corrected chi connectivity index (χ3v) is 4.02. The van der Waals surface area contributed by atoms with E-state index in [-0.39, 0.29) is 0 Å². The van der Waals surface area contributed by atoms with Gasteiger partial charge in [0.1, 0.15) is 5.82 Å². The van der Waals surface area contributed by atoms with Crippen LogP contribution in [0.1, 0.15) is 19.0 Å². The Morgan fingerprint density at radius 3 is 2.74 bits per heavy atom. The summed E-state index contributed by atoms with van der Waals surface area (Å²) in [6.45, 7) is 3.04. The molecule has 0 radical (unpaired) electrons. The summed E-state index contributed by atoms with van der Waals surface area (Å²) in [7, 11) is 0. The maximum Gasteiger partial charge on any atom is 0.144 e. The molecule has 1 aromatic heterocycles. The fraction of sp³-hybridized carbons (Fsp3) is 0.286. The van der Waals surface area contributed by atoms with Crippen LogP contribution in [0.25, 0.3) is 0 Å². The van der Waals surface area contributed by atoms with Gasteiger partial charge in [0.15, 0.2) is 0 Å². The molecule has 0 bridgehead atoms. The monoisotopic (exact) mass is 293 g/mol. The Labute approximate surface area is 122 Å². The van der Waals surface area contributed by atoms with Crippen molar-refractivity contribution in [3.8, 4) is 0 Å². The van der Waals surface area contributed by atoms with Crippen molar-refractivity contribution < 1.29 is 0 Å². The molecule has 0 saturated heterocycles. The average Bonchev–Trinajstić information content (AvgIpc) is 2.45. The van der Waals surface area contributed by atoms with Gasteiger partial charge in [-0.2, -0.15) is 0 Å². The van der Waals surface area contributed by atoms with Gasteiger partial charge in [-0.05, 0) is 18.6 Å². The summed E-state index contributed by atoms with van der Waals surface area (Å²) in [5.41, 5.74) is 0.951. The fourth-order valence-corrected chi connectivity index (χ4v) is 2.62. The van der Waals surface area contributed by atoms with E-state index in [0.717, 1.165) is 40.1 Å². The van der Waals surface area contributed by atoms with Gasteiger partial charge in [0.2, 0.25) is 0 Å². The van der Waals surface area contributed by atoms with Gasteiger partial charge in [-0.15, -0.1) is 11.8 Å². The largest absolute Gasteiger partial charge is 0.369 e. The van der Waals surface area contributed by atoms with Crippen molar-refractivity contribution in [2.75, 3.05) is 11.9 Å². The summed E-state index contributed by atoms with van der Waals surface area (Å²) in [6, 6.07) is 7.82. The lowest BCUT2D eigenvalue weighted by Crippen LogP contribution is -2.02. The molecule has 19 heavy (non-hydrogen) atoms. The molecule has 0 amide bonds. The number of halogens is 1. The van der Waals surface area contributed by atoms with Crippen LogP contribution in [0.5, 0.6) is 0 Å². The third-order valence-electron chi connectivity index (χ3n) is 2.47. The van der Waals surface area contributed by atoms with Crippen LogP contribution < -0.4 is 5.32 Å². The van der Waals surface area contributed by atoms with E-state index >= 15 is 0 Å². The van der Waals surface area contributed by atoms with E-state index in [4.69, 9.17) is 11.6 Å². The molecule has 2 aromatic rings. The highest BCUT2D eigenvalue weighted by molar-refractivity contribution is 7.98. The molecule has 0 spiro atoms. The van der Waals surface area contributed by atoms with Gasteiger partial charge in [0.05, 0.1) is 23.1 Å². The minimum atomic E-state index is 0.769. The standard InChI is InChI=1S/C14H16ClN3S/c1-2-7-16-14-9-17-11(8-18-14)10-19-13-6-4-3-5-12(13)15/h3-6,8-9H,2,7,10H2,1H3,(H,16,18). The van der Waals surface area contributed by atoms with Gasteiger partial charge in [-0.25, -0.2) is 4.98 Å². The third kappa shape index (κ3) is 4.40. The summed E-state index contributed by atoms with van der Waals surface area (Å²) in [5, 5.41) is 3.98. The van der Waals surface area contributed by atoms with Crippen molar-refractivity contribution in [3.63, 3.8) is 0 Å². The second-order valence-corrected chi connectivity index (χ2v) is 5.46. The number of anilines is 1. The molecule has 2 rings (SSSR count). The van der Waals surface area contributed by atoms with Crippen LogP contribution in [0.2, 0.25) is 5.02 Å². The van der Waals surface area contributed by atoms with Gasteiger partial charge < -0.3 is 5.32 Å². The van der Waals surface area contributed by atoms with Crippen molar-refractivity contribution in [1.82, 2.24) is 9.97 Å². The van der Waals surface area contributed by atoms with Crippen molar-refractivity contribution in [3.05, 3.63) is 47.4 Å². The van der Waals surface area contributed by atoms with Crippen LogP contribution in [0.3, 0.4) is 0 Å². The molecule has 0 saturated carbocycles. The zero-order valence-electron chi connectivity index (χ0n) is 10.8. The highest BCUT2D eigenvalue weighted by atomic mass is 35.5. The molecule has 1 N–H and O–H groups in total. The van der Waals surface area contributed by atoms with Gasteiger partial charge in [-0.3, -0.25) is 4.98 Å². The predicted molar refractivity (Wildman–Crippen MR) is 81.8 cm³/mol. The van der Waals surface area contributed by atoms with E-state index < -0.39 is 0 Å². The first-order chi connectivity index (χ1) is 9.29. The molecule has 0 fully saturated rings. The fourth-order valence-electron chi connectivity index (χ4n) is 1.49. The lowest BCUT2D eigenvalue weighted by molar-refractivity contribution is 0.960. The normalized spacial score (nSPS) is 10.4. The molecule has 5 heteroatoms. The Bertz CT molecular complexity index is 516. The minimum absolute atomic E-state index is 0.769. The summed E-state index contributed by atoms with van der Waals surface area (Å²) < 4.78 is 0. The zero-order chi connectivity index (χ0) is 13.5. The number of benzene rings is 1. The van der Waals surface area contributed by atoms with Gasteiger partial charge in [0.25, 0.3) is 0 Å². The second kappa shape index (κ2) is 7.36. The molecule has 1 aromatic carbocycles. The summed E-state index contributed by atoms with van der Waals surface area (Å²) in [5.74, 6) is 1.60. The number of hydrogen-bond acceptors (Lipinski definition) is 4. The Hall–Kier alpha value is -1.26. The first-order valence-corrected chi connectivity index (χ1v) is 7.58. The Kier molecular flexibility index (Phi) is 5.48. The van der Waals surface area contributed by atoms with Crippen molar-refractivity contribution >= 4 is 29.2 Å². The van der Waals surface area contributed by atoms with E-state index in [1.54, 1.807) is 18.0 Å². The highest BCUT2D eigenvalue weighted by Crippen LogP contribution is 2.28. The minimum Gasteiger partial charge on any atom is -0.369 e. The van der Waals surface area contributed by atoms with Crippen molar-refractivity contribution in [2.24, 2.45) is 0 Å². The molecule has 0 aliphatic carbocycles. The molecule has 0 unspecified atom stereocenters. The van der Waals surface area contributed by atoms with E-state index in [9.17, 15) is 0 Å². The molecular weight excluding hydrogens is 278 g/mol. The Morgan fingerprint density at radius 2 is 2.05 bits per heavy atom. The first-order valence-electron chi connectivity index (χ1n) is 6.21. The van der Waals surface area contributed by atoms with Crippen LogP contribution in [-0.4, -0.2) is 16.5 Å². The molecular formula is C14H16ClN3S. The number of nitrogens with zero attached hydrogens (tertiary/aromatic N) is 2. The van der Waals surface area contributed by atoms with Crippen LogP contribution in [0.4, 0.5) is 5.82 Å². The number of thioether (sulfide) groups is 1. The van der Waals surface area contributed by atoms with E-state index in [1.165, 1.54) is 0 Å². The molecule has 100 valence electrons. The smallest absolute Gasteiger partial charge is 0.144 e. The predicted octanol–water partition coefficient (Wildman–Crippen LogP) is 4.24. The van der Waals surface area contributed by atoms with E-state index in [0.29, 0.717) is 0 Å². The topological polar surface area (TPSA) is 37.8 Å². The van der Waals surface area contributed by atoms with Crippen LogP contribution in [0, 0.1) is 0 Å². The first kappa shape index (κ1) is 14.2. The zero-order valence-corrected chi connectivity index (χ0v) is 12.3. The Balaban J connectivity index is 1.91. The molecule has 0 aliphatic heterocycles.